The molecule has 19 heavy (non-hydrogen) atoms. The molecule has 0 amide bonds. The van der Waals surface area contributed by atoms with Crippen molar-refractivity contribution in [2.24, 2.45) is 5.73 Å². The van der Waals surface area contributed by atoms with E-state index in [2.05, 4.69) is 4.98 Å². The van der Waals surface area contributed by atoms with Crippen molar-refractivity contribution in [3.8, 4) is 11.6 Å². The molecule has 0 aliphatic carbocycles. The van der Waals surface area contributed by atoms with E-state index in [0.717, 1.165) is 6.42 Å². The predicted molar refractivity (Wildman–Crippen MR) is 68.2 cm³/mol. The van der Waals surface area contributed by atoms with E-state index in [-0.39, 0.29) is 17.0 Å². The molecule has 3 N–H and O–H groups in total. The van der Waals surface area contributed by atoms with Gasteiger partial charge >= 0.3 is 5.97 Å². The molecule has 3 rings (SSSR count). The Morgan fingerprint density at radius 1 is 1.58 bits per heavy atom. The van der Waals surface area contributed by atoms with Crippen molar-refractivity contribution >= 4 is 17.6 Å². The molecule has 0 saturated heterocycles. The van der Waals surface area contributed by atoms with E-state index >= 15 is 0 Å². The maximum atomic E-state index is 11.3. The van der Waals surface area contributed by atoms with Gasteiger partial charge in [0.25, 0.3) is 0 Å². The minimum Gasteiger partial charge on any atom is -0.476 e. The van der Waals surface area contributed by atoms with Crippen molar-refractivity contribution < 1.29 is 14.3 Å². The van der Waals surface area contributed by atoms with Crippen LogP contribution in [0.5, 0.6) is 0 Å². The third kappa shape index (κ3) is 2.02. The number of nitrogens with two attached hydrogens (primary N) is 1. The summed E-state index contributed by atoms with van der Waals surface area (Å²) in [6.07, 6.45) is 1.28. The molecule has 100 valence electrons. The molecule has 0 saturated carbocycles. The van der Waals surface area contributed by atoms with Crippen molar-refractivity contribution in [3.63, 3.8) is 0 Å². The van der Waals surface area contributed by atoms with Gasteiger partial charge in [0.05, 0.1) is 5.69 Å². The first-order valence-corrected chi connectivity index (χ1v) is 6.28. The molecule has 2 aromatic rings. The van der Waals surface area contributed by atoms with Gasteiger partial charge in [-0.05, 0) is 30.2 Å². The summed E-state index contributed by atoms with van der Waals surface area (Å²) in [6.45, 7) is 0.629. The summed E-state index contributed by atoms with van der Waals surface area (Å²) in [6, 6.07) is 3.25. The molecule has 0 fully saturated rings. The highest BCUT2D eigenvalue weighted by atomic mass is 35.5. The fraction of sp³-hybridized carbons (Fsp3) is 0.333. The standard InChI is InChI=1S/C12H12ClN3O3/c13-9-2-1-8(19-9)11-15-10(12(17)18)7-5-6(14)3-4-16(7)11/h1-2,6H,3-5,14H2,(H,17,18). The SMILES string of the molecule is NC1CCn2c(-c3ccc(Cl)o3)nc(C(=O)O)c2C1. The number of aromatic carboxylic acids is 1. The van der Waals surface area contributed by atoms with Crippen LogP contribution < -0.4 is 5.73 Å². The number of halogens is 1. The lowest BCUT2D eigenvalue weighted by molar-refractivity contribution is 0.0689. The van der Waals surface area contributed by atoms with Crippen LogP contribution in [0.2, 0.25) is 5.22 Å². The van der Waals surface area contributed by atoms with Crippen molar-refractivity contribution in [2.45, 2.75) is 25.4 Å². The molecule has 7 heteroatoms. The molecule has 1 aliphatic rings. The van der Waals surface area contributed by atoms with Crippen molar-refractivity contribution in [3.05, 3.63) is 28.7 Å². The van der Waals surface area contributed by atoms with E-state index in [9.17, 15) is 9.90 Å². The molecule has 0 bridgehead atoms. The summed E-state index contributed by atoms with van der Waals surface area (Å²) in [5.74, 6) is -0.0952. The number of hydrogen-bond donors (Lipinski definition) is 2. The van der Waals surface area contributed by atoms with Gasteiger partial charge in [-0.15, -0.1) is 0 Å². The molecule has 0 aromatic carbocycles. The fourth-order valence-corrected chi connectivity index (χ4v) is 2.52. The summed E-state index contributed by atoms with van der Waals surface area (Å²) >= 11 is 5.75. The third-order valence-electron chi connectivity index (χ3n) is 3.25. The van der Waals surface area contributed by atoms with Crippen LogP contribution in [0.1, 0.15) is 22.6 Å². The van der Waals surface area contributed by atoms with Gasteiger partial charge in [-0.25, -0.2) is 9.78 Å². The number of carboxylic acids is 1. The Hall–Kier alpha value is -1.79. The summed E-state index contributed by atoms with van der Waals surface area (Å²) in [5.41, 5.74) is 6.58. The number of carbonyl (C=O) groups is 1. The Morgan fingerprint density at radius 3 is 3.00 bits per heavy atom. The monoisotopic (exact) mass is 281 g/mol. The van der Waals surface area contributed by atoms with Gasteiger partial charge in [0.1, 0.15) is 0 Å². The van der Waals surface area contributed by atoms with Crippen molar-refractivity contribution in [1.82, 2.24) is 9.55 Å². The van der Waals surface area contributed by atoms with E-state index in [4.69, 9.17) is 21.8 Å². The molecule has 6 nitrogen and oxygen atoms in total. The number of hydrogen-bond acceptors (Lipinski definition) is 4. The van der Waals surface area contributed by atoms with Gasteiger partial charge in [-0.2, -0.15) is 0 Å². The minimum atomic E-state index is -1.05. The number of rotatable bonds is 2. The highest BCUT2D eigenvalue weighted by Gasteiger charge is 2.28. The van der Waals surface area contributed by atoms with E-state index in [1.165, 1.54) is 0 Å². The van der Waals surface area contributed by atoms with E-state index in [1.54, 1.807) is 12.1 Å². The predicted octanol–water partition coefficient (Wildman–Crippen LogP) is 1.77. The molecule has 3 heterocycles. The van der Waals surface area contributed by atoms with Gasteiger partial charge < -0.3 is 19.8 Å². The van der Waals surface area contributed by atoms with Gasteiger partial charge in [0.15, 0.2) is 22.5 Å². The summed E-state index contributed by atoms with van der Waals surface area (Å²) in [5, 5.41) is 9.47. The second-order valence-corrected chi connectivity index (χ2v) is 4.92. The second-order valence-electron chi connectivity index (χ2n) is 4.54. The zero-order chi connectivity index (χ0) is 13.6. The summed E-state index contributed by atoms with van der Waals surface area (Å²) in [7, 11) is 0. The maximum absolute atomic E-state index is 11.3. The Labute approximate surface area is 113 Å². The van der Waals surface area contributed by atoms with Crippen LogP contribution in [0.4, 0.5) is 0 Å². The average molecular weight is 282 g/mol. The fourth-order valence-electron chi connectivity index (χ4n) is 2.37. The Balaban J connectivity index is 2.16. The highest BCUT2D eigenvalue weighted by molar-refractivity contribution is 6.28. The lowest BCUT2D eigenvalue weighted by atomic mass is 10.0. The van der Waals surface area contributed by atoms with Gasteiger partial charge in [0, 0.05) is 19.0 Å². The topological polar surface area (TPSA) is 94.3 Å². The molecule has 2 aromatic heterocycles. The number of aromatic nitrogens is 2. The number of fused-ring (bicyclic) bond motifs is 1. The Morgan fingerprint density at radius 2 is 2.37 bits per heavy atom. The largest absolute Gasteiger partial charge is 0.476 e. The first-order chi connectivity index (χ1) is 9.06. The molecule has 0 spiro atoms. The van der Waals surface area contributed by atoms with Crippen LogP contribution in [-0.2, 0) is 13.0 Å². The number of imidazole rings is 1. The lowest BCUT2D eigenvalue weighted by Crippen LogP contribution is -2.31. The van der Waals surface area contributed by atoms with Crippen LogP contribution in [-0.4, -0.2) is 26.7 Å². The number of carboxylic acid groups (broad SMARTS) is 1. The molecular formula is C12H12ClN3O3. The number of furan rings is 1. The minimum absolute atomic E-state index is 0.0321. The van der Waals surface area contributed by atoms with E-state index in [1.807, 2.05) is 4.57 Å². The van der Waals surface area contributed by atoms with Crippen molar-refractivity contribution in [2.75, 3.05) is 0 Å². The zero-order valence-electron chi connectivity index (χ0n) is 9.97. The first kappa shape index (κ1) is 12.3. The van der Waals surface area contributed by atoms with Crippen LogP contribution in [0.3, 0.4) is 0 Å². The average Bonchev–Trinajstić information content (AvgIpc) is 2.92. The molecule has 1 aliphatic heterocycles. The quantitative estimate of drug-likeness (QED) is 0.875. The van der Waals surface area contributed by atoms with E-state index in [0.29, 0.717) is 30.2 Å². The van der Waals surface area contributed by atoms with Gasteiger partial charge in [0.2, 0.25) is 0 Å². The smallest absolute Gasteiger partial charge is 0.356 e. The normalized spacial score (nSPS) is 18.3. The Kier molecular flexibility index (Phi) is 2.83. The molecule has 0 radical (unpaired) electrons. The maximum Gasteiger partial charge on any atom is 0.356 e. The van der Waals surface area contributed by atoms with Crippen LogP contribution in [0.25, 0.3) is 11.6 Å². The number of nitrogens with zero attached hydrogens (tertiary/aromatic N) is 2. The molecular weight excluding hydrogens is 270 g/mol. The molecule has 1 unspecified atom stereocenters. The Bertz CT molecular complexity index is 647. The molecule has 1 atom stereocenters. The first-order valence-electron chi connectivity index (χ1n) is 5.90. The van der Waals surface area contributed by atoms with Crippen LogP contribution >= 0.6 is 11.6 Å². The van der Waals surface area contributed by atoms with Crippen molar-refractivity contribution in [1.29, 1.82) is 0 Å². The summed E-state index contributed by atoms with van der Waals surface area (Å²) < 4.78 is 7.16. The zero-order valence-corrected chi connectivity index (χ0v) is 10.7. The van der Waals surface area contributed by atoms with Gasteiger partial charge in [-0.1, -0.05) is 0 Å². The third-order valence-corrected chi connectivity index (χ3v) is 3.45. The highest BCUT2D eigenvalue weighted by Crippen LogP contribution is 2.29. The summed E-state index contributed by atoms with van der Waals surface area (Å²) in [4.78, 5) is 15.4. The van der Waals surface area contributed by atoms with Crippen LogP contribution in [0.15, 0.2) is 16.5 Å². The van der Waals surface area contributed by atoms with Crippen LogP contribution in [0, 0.1) is 0 Å². The second kappa shape index (κ2) is 4.40. The van der Waals surface area contributed by atoms with E-state index < -0.39 is 5.97 Å². The van der Waals surface area contributed by atoms with Gasteiger partial charge in [-0.3, -0.25) is 0 Å². The lowest BCUT2D eigenvalue weighted by Gasteiger charge is -2.21.